The third-order valence-electron chi connectivity index (χ3n) is 4.89. The molecule has 0 unspecified atom stereocenters. The molecule has 0 saturated heterocycles. The summed E-state index contributed by atoms with van der Waals surface area (Å²) in [5.74, 6) is 0.452. The van der Waals surface area contributed by atoms with E-state index in [9.17, 15) is 9.59 Å². The zero-order valence-electron chi connectivity index (χ0n) is 19.8. The van der Waals surface area contributed by atoms with Crippen molar-refractivity contribution in [1.29, 1.82) is 0 Å². The summed E-state index contributed by atoms with van der Waals surface area (Å²) >= 11 is 12.2. The van der Waals surface area contributed by atoms with Gasteiger partial charge in [-0.25, -0.2) is 9.59 Å². The number of hydrogen-bond donors (Lipinski definition) is 2. The predicted octanol–water partition coefficient (Wildman–Crippen LogP) is 5.94. The van der Waals surface area contributed by atoms with Gasteiger partial charge in [0.25, 0.3) is 0 Å². The largest absolute Gasteiger partial charge is 0.490 e. The molecule has 2 aromatic carbocycles. The van der Waals surface area contributed by atoms with Crippen LogP contribution in [0.2, 0.25) is 10.0 Å². The molecule has 182 valence electrons. The second kappa shape index (κ2) is 10.6. The minimum atomic E-state index is -0.720. The van der Waals surface area contributed by atoms with E-state index in [-0.39, 0.29) is 6.61 Å². The lowest BCUT2D eigenvalue weighted by Gasteiger charge is -2.30. The van der Waals surface area contributed by atoms with Crippen molar-refractivity contribution >= 4 is 35.2 Å². The third-order valence-corrected chi connectivity index (χ3v) is 5.47. The molecule has 1 heterocycles. The molecule has 2 N–H and O–H groups in total. The van der Waals surface area contributed by atoms with Crippen LogP contribution in [-0.2, 0) is 16.1 Å². The smallest absolute Gasteiger partial charge is 0.338 e. The summed E-state index contributed by atoms with van der Waals surface area (Å²) in [5, 5.41) is 6.49. The lowest BCUT2D eigenvalue weighted by Crippen LogP contribution is -2.46. The lowest BCUT2D eigenvalue weighted by atomic mass is 9.95. The summed E-state index contributed by atoms with van der Waals surface area (Å²) in [7, 11) is 0. The second-order valence-corrected chi connectivity index (χ2v) is 9.58. The molecule has 2 aromatic rings. The van der Waals surface area contributed by atoms with E-state index in [1.54, 1.807) is 64.1 Å². The fraction of sp³-hybridized carbons (Fsp3) is 0.360. The lowest BCUT2D eigenvalue weighted by molar-refractivity contribution is -0.150. The number of carbonyl (C=O) groups excluding carboxylic acids is 2. The average Bonchev–Trinajstić information content (AvgIpc) is 2.72. The van der Waals surface area contributed by atoms with E-state index in [4.69, 9.17) is 37.4 Å². The van der Waals surface area contributed by atoms with Crippen molar-refractivity contribution in [3.63, 3.8) is 0 Å². The summed E-state index contributed by atoms with van der Waals surface area (Å²) in [6.07, 6.45) is 0. The Labute approximate surface area is 209 Å². The van der Waals surface area contributed by atoms with Gasteiger partial charge in [-0.1, -0.05) is 35.3 Å². The van der Waals surface area contributed by atoms with Crippen molar-refractivity contribution in [1.82, 2.24) is 10.6 Å². The van der Waals surface area contributed by atoms with Crippen LogP contribution in [0.5, 0.6) is 11.5 Å². The Morgan fingerprint density at radius 2 is 1.79 bits per heavy atom. The fourth-order valence-corrected chi connectivity index (χ4v) is 3.90. The highest BCUT2D eigenvalue weighted by atomic mass is 35.5. The molecule has 0 spiro atoms. The molecule has 0 radical (unpaired) electrons. The van der Waals surface area contributed by atoms with E-state index in [2.05, 4.69) is 10.6 Å². The van der Waals surface area contributed by atoms with Gasteiger partial charge < -0.3 is 24.8 Å². The standard InChI is InChI=1S/C25H28Cl2N2O5/c1-6-32-20-11-15(8-10-19(20)33-13-16-7-9-17(26)12-18(16)27)22-21(14(2)28-24(31)29-22)23(30)34-25(3,4)5/h7-12,22H,6,13H2,1-5H3,(H2,28,29,31)/t22-/m1/s1. The molecule has 0 aromatic heterocycles. The van der Waals surface area contributed by atoms with E-state index in [1.165, 1.54) is 0 Å². The average molecular weight is 507 g/mol. The Balaban J connectivity index is 1.92. The maximum absolute atomic E-state index is 13.0. The van der Waals surface area contributed by atoms with Gasteiger partial charge in [-0.2, -0.15) is 0 Å². The van der Waals surface area contributed by atoms with Gasteiger partial charge in [0.15, 0.2) is 11.5 Å². The zero-order valence-corrected chi connectivity index (χ0v) is 21.3. The van der Waals surface area contributed by atoms with Crippen LogP contribution in [0.25, 0.3) is 0 Å². The first kappa shape index (κ1) is 25.7. The van der Waals surface area contributed by atoms with Crippen molar-refractivity contribution < 1.29 is 23.8 Å². The van der Waals surface area contributed by atoms with Crippen LogP contribution >= 0.6 is 23.2 Å². The summed E-state index contributed by atoms with van der Waals surface area (Å²) in [4.78, 5) is 25.2. The normalized spacial score (nSPS) is 16.0. The van der Waals surface area contributed by atoms with Gasteiger partial charge in [-0.05, 0) is 64.4 Å². The molecule has 0 saturated carbocycles. The molecular formula is C25H28Cl2N2O5. The number of halogens is 2. The van der Waals surface area contributed by atoms with Crippen molar-refractivity contribution in [3.8, 4) is 11.5 Å². The SMILES string of the molecule is CCOc1cc([C@H]2NC(=O)NC(C)=C2C(=O)OC(C)(C)C)ccc1OCc1ccc(Cl)cc1Cl. The van der Waals surface area contributed by atoms with Gasteiger partial charge in [-0.15, -0.1) is 0 Å². The molecule has 7 nitrogen and oxygen atoms in total. The first-order chi connectivity index (χ1) is 16.0. The number of hydrogen-bond acceptors (Lipinski definition) is 5. The number of benzene rings is 2. The van der Waals surface area contributed by atoms with Gasteiger partial charge in [0.05, 0.1) is 18.2 Å². The van der Waals surface area contributed by atoms with Gasteiger partial charge in [-0.3, -0.25) is 0 Å². The highest BCUT2D eigenvalue weighted by Gasteiger charge is 2.34. The number of allylic oxidation sites excluding steroid dienone is 1. The molecular weight excluding hydrogens is 479 g/mol. The first-order valence-corrected chi connectivity index (χ1v) is 11.6. The van der Waals surface area contributed by atoms with E-state index < -0.39 is 23.6 Å². The van der Waals surface area contributed by atoms with Gasteiger partial charge in [0, 0.05) is 21.3 Å². The van der Waals surface area contributed by atoms with Gasteiger partial charge in [0.1, 0.15) is 12.2 Å². The maximum atomic E-state index is 13.0. The molecule has 1 aliphatic heterocycles. The van der Waals surface area contributed by atoms with Crippen molar-refractivity contribution in [2.45, 2.75) is 52.9 Å². The Morgan fingerprint density at radius 3 is 2.44 bits per heavy atom. The molecule has 34 heavy (non-hydrogen) atoms. The van der Waals surface area contributed by atoms with Crippen LogP contribution in [0.1, 0.15) is 51.8 Å². The van der Waals surface area contributed by atoms with Crippen LogP contribution in [0.15, 0.2) is 47.7 Å². The quantitative estimate of drug-likeness (QED) is 0.453. The van der Waals surface area contributed by atoms with E-state index in [1.807, 2.05) is 6.92 Å². The Bertz CT molecular complexity index is 1120. The Kier molecular flexibility index (Phi) is 8.00. The summed E-state index contributed by atoms with van der Waals surface area (Å²) < 4.78 is 17.3. The Morgan fingerprint density at radius 1 is 1.06 bits per heavy atom. The molecule has 9 heteroatoms. The van der Waals surface area contributed by atoms with E-state index >= 15 is 0 Å². The second-order valence-electron chi connectivity index (χ2n) is 8.74. The van der Waals surface area contributed by atoms with Crippen LogP contribution in [-0.4, -0.2) is 24.2 Å². The highest BCUT2D eigenvalue weighted by Crippen LogP contribution is 2.36. The third kappa shape index (κ3) is 6.36. The molecule has 3 rings (SSSR count). The molecule has 0 aliphatic carbocycles. The molecule has 2 amide bonds. The van der Waals surface area contributed by atoms with Crippen LogP contribution in [0.4, 0.5) is 4.79 Å². The Hall–Kier alpha value is -2.90. The number of nitrogens with one attached hydrogen (secondary N) is 2. The van der Waals surface area contributed by atoms with Crippen molar-refractivity contribution in [2.75, 3.05) is 6.61 Å². The summed E-state index contributed by atoms with van der Waals surface area (Å²) in [6, 6.07) is 9.32. The predicted molar refractivity (Wildman–Crippen MR) is 131 cm³/mol. The van der Waals surface area contributed by atoms with Crippen LogP contribution in [0.3, 0.4) is 0 Å². The molecule has 1 aliphatic rings. The van der Waals surface area contributed by atoms with Gasteiger partial charge >= 0.3 is 12.0 Å². The molecule has 0 fully saturated rings. The monoisotopic (exact) mass is 506 g/mol. The number of ether oxygens (including phenoxy) is 3. The zero-order chi connectivity index (χ0) is 25.0. The number of esters is 1. The van der Waals surface area contributed by atoms with Crippen LogP contribution in [0, 0.1) is 0 Å². The number of rotatable bonds is 7. The molecule has 1 atom stereocenters. The van der Waals surface area contributed by atoms with E-state index in [0.717, 1.165) is 5.56 Å². The maximum Gasteiger partial charge on any atom is 0.338 e. The van der Waals surface area contributed by atoms with Crippen LogP contribution < -0.4 is 20.1 Å². The number of amides is 2. The number of urea groups is 1. The van der Waals surface area contributed by atoms with Crippen molar-refractivity contribution in [3.05, 3.63) is 68.8 Å². The summed E-state index contributed by atoms with van der Waals surface area (Å²) in [5.41, 5.74) is 1.48. The molecule has 0 bridgehead atoms. The number of carbonyl (C=O) groups is 2. The fourth-order valence-electron chi connectivity index (χ4n) is 3.43. The van der Waals surface area contributed by atoms with Crippen molar-refractivity contribution in [2.24, 2.45) is 0 Å². The van der Waals surface area contributed by atoms with Gasteiger partial charge in [0.2, 0.25) is 0 Å². The van der Waals surface area contributed by atoms with E-state index in [0.29, 0.717) is 45.0 Å². The minimum Gasteiger partial charge on any atom is -0.490 e. The summed E-state index contributed by atoms with van der Waals surface area (Å²) in [6.45, 7) is 9.50. The minimum absolute atomic E-state index is 0.210. The topological polar surface area (TPSA) is 85.9 Å². The first-order valence-electron chi connectivity index (χ1n) is 10.8. The highest BCUT2D eigenvalue weighted by molar-refractivity contribution is 6.35.